The van der Waals surface area contributed by atoms with Crippen molar-refractivity contribution in [3.63, 3.8) is 0 Å². The first-order valence-corrected chi connectivity index (χ1v) is 9.10. The van der Waals surface area contributed by atoms with Crippen molar-refractivity contribution in [3.8, 4) is 0 Å². The van der Waals surface area contributed by atoms with Gasteiger partial charge in [-0.05, 0) is 38.8 Å². The number of hydrogen-bond acceptors (Lipinski definition) is 6. The van der Waals surface area contributed by atoms with Gasteiger partial charge in [0, 0.05) is 22.1 Å². The first kappa shape index (κ1) is 21.2. The van der Waals surface area contributed by atoms with Crippen molar-refractivity contribution < 1.29 is 0 Å². The molecule has 1 aromatic heterocycles. The van der Waals surface area contributed by atoms with E-state index in [2.05, 4.69) is 16.6 Å². The zero-order valence-electron chi connectivity index (χ0n) is 17.9. The summed E-state index contributed by atoms with van der Waals surface area (Å²) in [6.45, 7) is 17.8. The maximum absolute atomic E-state index is 6.27. The molecule has 0 atom stereocenters. The predicted octanol–water partition coefficient (Wildman–Crippen LogP) is 3.37. The minimum absolute atomic E-state index is 0.253. The molecule has 0 bridgehead atoms. The molecular weight excluding hydrogens is 350 g/mol. The van der Waals surface area contributed by atoms with Crippen molar-refractivity contribution >= 4 is 34.3 Å². The van der Waals surface area contributed by atoms with Crippen LogP contribution in [0.4, 0.5) is 11.5 Å². The molecule has 8 N–H and O–H groups in total. The topological polar surface area (TPSA) is 142 Å². The number of nitrogens with zero attached hydrogens (tertiary/aromatic N) is 3. The van der Waals surface area contributed by atoms with E-state index < -0.39 is 0 Å². The van der Waals surface area contributed by atoms with Crippen LogP contribution in [0.1, 0.15) is 58.4 Å². The van der Waals surface area contributed by atoms with Gasteiger partial charge in [0.2, 0.25) is 0 Å². The van der Waals surface area contributed by atoms with Gasteiger partial charge in [-0.1, -0.05) is 27.4 Å². The number of fused-ring (bicyclic) bond motifs is 1. The summed E-state index contributed by atoms with van der Waals surface area (Å²) in [6.07, 6.45) is 0. The fourth-order valence-corrected chi connectivity index (χ4v) is 2.72. The number of aromatic nitrogens is 1. The van der Waals surface area contributed by atoms with Gasteiger partial charge in [-0.25, -0.2) is 15.0 Å². The third-order valence-electron chi connectivity index (χ3n) is 4.79. The van der Waals surface area contributed by atoms with Crippen molar-refractivity contribution in [1.82, 2.24) is 4.98 Å². The average Bonchev–Trinajstić information content (AvgIpc) is 2.58. The van der Waals surface area contributed by atoms with Crippen LogP contribution in [0.3, 0.4) is 0 Å². The number of hydrogen-bond donors (Lipinski definition) is 4. The molecule has 1 aromatic rings. The molecule has 0 saturated heterocycles. The summed E-state index contributed by atoms with van der Waals surface area (Å²) in [6, 6.07) is 0. The van der Waals surface area contributed by atoms with Crippen LogP contribution >= 0.6 is 0 Å². The lowest BCUT2D eigenvalue weighted by molar-refractivity contribution is 0.585. The molecule has 1 heterocycles. The molecule has 0 spiro atoms. The number of rotatable bonds is 2. The Morgan fingerprint density at radius 3 is 2.14 bits per heavy atom. The van der Waals surface area contributed by atoms with E-state index in [1.807, 2.05) is 48.5 Å². The van der Waals surface area contributed by atoms with E-state index in [0.29, 0.717) is 40.0 Å². The van der Waals surface area contributed by atoms with E-state index in [4.69, 9.17) is 27.9 Å². The normalized spacial score (nSPS) is 16.5. The van der Waals surface area contributed by atoms with Gasteiger partial charge in [0.1, 0.15) is 17.5 Å². The Morgan fingerprint density at radius 2 is 1.64 bits per heavy atom. The Bertz CT molecular complexity index is 979. The smallest absolute Gasteiger partial charge is 0.147 e. The Morgan fingerprint density at radius 1 is 1.07 bits per heavy atom. The quantitative estimate of drug-likeness (QED) is 0.459. The maximum atomic E-state index is 6.27. The second-order valence-corrected chi connectivity index (χ2v) is 8.30. The Hall–Kier alpha value is -3.09. The lowest BCUT2D eigenvalue weighted by atomic mass is 9.85. The molecule has 0 fully saturated rings. The lowest BCUT2D eigenvalue weighted by Crippen LogP contribution is -2.29. The highest BCUT2D eigenvalue weighted by molar-refractivity contribution is 6.36. The summed E-state index contributed by atoms with van der Waals surface area (Å²) in [7, 11) is 0. The standard InChI is InChI=1S/C21H31N7/c1-9(2)18(23)26-15-11(4)13-10(3)14(22)19(24)27-17(13)16(12(15)5)28-20(25)21(6,7)8/h4,22-23H2,1-3,5-8H3,(H2,24,27)(H2,25,28)/b26-15+. The summed E-state index contributed by atoms with van der Waals surface area (Å²) >= 11 is 0. The van der Waals surface area contributed by atoms with Crippen molar-refractivity contribution in [2.75, 3.05) is 11.5 Å². The fourth-order valence-electron chi connectivity index (χ4n) is 2.72. The molecule has 28 heavy (non-hydrogen) atoms. The molecule has 0 unspecified atom stereocenters. The van der Waals surface area contributed by atoms with E-state index in [9.17, 15) is 0 Å². The van der Waals surface area contributed by atoms with Crippen molar-refractivity contribution in [1.29, 1.82) is 0 Å². The molecule has 150 valence electrons. The molecule has 2 rings (SSSR count). The number of amidine groups is 1. The SMILES string of the molecule is C=C1/C(=N\C(N)=C(C)C)C(C)=C(/N=C(/N)C(C)(C)C)c2nc(N)c(N)c(C)c21. The summed E-state index contributed by atoms with van der Waals surface area (Å²) < 4.78 is 0. The largest absolute Gasteiger partial charge is 0.396 e. The van der Waals surface area contributed by atoms with Gasteiger partial charge in [-0.15, -0.1) is 0 Å². The van der Waals surface area contributed by atoms with Crippen LogP contribution in [0.25, 0.3) is 11.3 Å². The molecule has 1 aliphatic rings. The second kappa shape index (κ2) is 7.14. The average molecular weight is 382 g/mol. The number of anilines is 2. The highest BCUT2D eigenvalue weighted by Gasteiger charge is 2.30. The van der Waals surface area contributed by atoms with Gasteiger partial charge in [0.05, 0.1) is 22.8 Å². The molecular formula is C21H31N7. The van der Waals surface area contributed by atoms with E-state index in [1.165, 1.54) is 0 Å². The highest BCUT2D eigenvalue weighted by atomic mass is 15.0. The van der Waals surface area contributed by atoms with Gasteiger partial charge in [0.25, 0.3) is 0 Å². The zero-order valence-corrected chi connectivity index (χ0v) is 17.9. The van der Waals surface area contributed by atoms with Crippen molar-refractivity contribution in [2.24, 2.45) is 26.9 Å². The third-order valence-corrected chi connectivity index (χ3v) is 4.79. The van der Waals surface area contributed by atoms with Gasteiger partial charge in [-0.2, -0.15) is 0 Å². The van der Waals surface area contributed by atoms with E-state index in [1.54, 1.807) is 0 Å². The molecule has 0 amide bonds. The molecule has 0 aliphatic heterocycles. The summed E-state index contributed by atoms with van der Waals surface area (Å²) in [5, 5.41) is 0. The van der Waals surface area contributed by atoms with Gasteiger partial charge in [-0.3, -0.25) is 0 Å². The number of aliphatic imine (C=N–C) groups is 2. The number of nitrogens with two attached hydrogens (primary N) is 4. The van der Waals surface area contributed by atoms with Gasteiger partial charge < -0.3 is 22.9 Å². The Labute approximate surface area is 167 Å². The monoisotopic (exact) mass is 381 g/mol. The van der Waals surface area contributed by atoms with Gasteiger partial charge in [0.15, 0.2) is 0 Å². The van der Waals surface area contributed by atoms with E-state index >= 15 is 0 Å². The number of nitrogen functional groups attached to an aromatic ring is 2. The zero-order chi connectivity index (χ0) is 21.5. The van der Waals surface area contributed by atoms with E-state index in [-0.39, 0.29) is 11.2 Å². The third kappa shape index (κ3) is 3.65. The van der Waals surface area contributed by atoms with Crippen molar-refractivity contribution in [3.05, 3.63) is 40.4 Å². The van der Waals surface area contributed by atoms with E-state index in [0.717, 1.165) is 22.3 Å². The van der Waals surface area contributed by atoms with Crippen LogP contribution in [-0.2, 0) is 0 Å². The minimum Gasteiger partial charge on any atom is -0.396 e. The van der Waals surface area contributed by atoms with Crippen LogP contribution < -0.4 is 22.9 Å². The highest BCUT2D eigenvalue weighted by Crippen LogP contribution is 2.40. The lowest BCUT2D eigenvalue weighted by Gasteiger charge is -2.26. The van der Waals surface area contributed by atoms with Crippen molar-refractivity contribution in [2.45, 2.75) is 48.5 Å². The minimum atomic E-state index is -0.313. The maximum Gasteiger partial charge on any atom is 0.147 e. The summed E-state index contributed by atoms with van der Waals surface area (Å²) in [4.78, 5) is 13.8. The molecule has 0 saturated carbocycles. The first-order chi connectivity index (χ1) is 12.8. The number of allylic oxidation sites excluding steroid dienone is 3. The number of pyridine rings is 1. The molecule has 7 heteroatoms. The molecule has 1 aliphatic carbocycles. The van der Waals surface area contributed by atoms with Crippen LogP contribution in [-0.4, -0.2) is 16.5 Å². The molecule has 0 radical (unpaired) electrons. The van der Waals surface area contributed by atoms with Crippen LogP contribution in [0.5, 0.6) is 0 Å². The predicted molar refractivity (Wildman–Crippen MR) is 121 cm³/mol. The molecule has 7 nitrogen and oxygen atoms in total. The summed E-state index contributed by atoms with van der Waals surface area (Å²) in [5.74, 6) is 1.16. The Kier molecular flexibility index (Phi) is 5.41. The van der Waals surface area contributed by atoms with Crippen LogP contribution in [0.2, 0.25) is 0 Å². The van der Waals surface area contributed by atoms with Crippen LogP contribution in [0, 0.1) is 12.3 Å². The second-order valence-electron chi connectivity index (χ2n) is 8.30. The van der Waals surface area contributed by atoms with Gasteiger partial charge >= 0.3 is 0 Å². The molecule has 0 aromatic carbocycles. The Balaban J connectivity index is 2.96. The first-order valence-electron chi connectivity index (χ1n) is 9.10. The van der Waals surface area contributed by atoms with Crippen LogP contribution in [0.15, 0.2) is 33.5 Å². The summed E-state index contributed by atoms with van der Waals surface area (Å²) in [5.41, 5.74) is 30.4. The fraction of sp³-hybridized carbons (Fsp3) is 0.381.